The number of amides is 2. The first-order valence-electron chi connectivity index (χ1n) is 10.3. The number of nitrogens with one attached hydrogen (secondary N) is 2. The molecule has 0 aromatic carbocycles. The van der Waals surface area contributed by atoms with Crippen LogP contribution in [0.3, 0.4) is 0 Å². The largest absolute Gasteiger partial charge is 0.449 e. The van der Waals surface area contributed by atoms with Crippen LogP contribution in [0, 0.1) is 11.8 Å². The average molecular weight is 427 g/mol. The molecule has 30 heavy (non-hydrogen) atoms. The van der Waals surface area contributed by atoms with Crippen LogP contribution in [0.1, 0.15) is 35.3 Å². The second-order valence-corrected chi connectivity index (χ2v) is 8.99. The van der Waals surface area contributed by atoms with Crippen molar-refractivity contribution >= 4 is 40.1 Å². The van der Waals surface area contributed by atoms with Crippen LogP contribution in [0.2, 0.25) is 0 Å². The molecule has 158 valence electrons. The number of ether oxygens (including phenoxy) is 1. The Balaban J connectivity index is 1.29. The number of carbonyl (C=O) groups excluding carboxylic acids is 2. The summed E-state index contributed by atoms with van der Waals surface area (Å²) in [6.45, 7) is 1.12. The lowest BCUT2D eigenvalue weighted by Gasteiger charge is -2.22. The van der Waals surface area contributed by atoms with Crippen LogP contribution >= 0.6 is 11.3 Å². The summed E-state index contributed by atoms with van der Waals surface area (Å²) in [4.78, 5) is 29.3. The Kier molecular flexibility index (Phi) is 6.32. The van der Waals surface area contributed by atoms with Gasteiger partial charge in [0.05, 0.1) is 12.3 Å². The highest BCUT2D eigenvalue weighted by Gasteiger charge is 2.26. The number of nitrogens with zero attached hydrogens (tertiary/aromatic N) is 1. The molecule has 2 aliphatic rings. The van der Waals surface area contributed by atoms with Gasteiger partial charge in [-0.3, -0.25) is 9.78 Å². The summed E-state index contributed by atoms with van der Waals surface area (Å²) in [7, 11) is 0. The number of fused-ring (bicyclic) bond motifs is 1. The van der Waals surface area contributed by atoms with Gasteiger partial charge in [-0.1, -0.05) is 6.07 Å². The monoisotopic (exact) mass is 426 g/mol. The summed E-state index contributed by atoms with van der Waals surface area (Å²) in [5.74, 6) is 0.685. The Morgan fingerprint density at radius 3 is 2.93 bits per heavy atom. The van der Waals surface area contributed by atoms with Crippen molar-refractivity contribution in [3.05, 3.63) is 46.6 Å². The zero-order valence-electron chi connectivity index (χ0n) is 16.7. The normalized spacial score (nSPS) is 18.1. The van der Waals surface area contributed by atoms with Crippen molar-refractivity contribution in [2.75, 3.05) is 24.2 Å². The van der Waals surface area contributed by atoms with Crippen molar-refractivity contribution in [2.24, 2.45) is 11.8 Å². The third-order valence-electron chi connectivity index (χ3n) is 5.44. The Morgan fingerprint density at radius 2 is 2.17 bits per heavy atom. The summed E-state index contributed by atoms with van der Waals surface area (Å²) < 4.78 is 5.39. The van der Waals surface area contributed by atoms with E-state index in [0.29, 0.717) is 29.8 Å². The van der Waals surface area contributed by atoms with Crippen LogP contribution in [-0.4, -0.2) is 30.1 Å². The number of anilines is 2. The van der Waals surface area contributed by atoms with Gasteiger partial charge in [-0.2, -0.15) is 0 Å². The SMILES string of the molecule is Nc1c(NC(=O)/C=C/c2cccnc2)sc2c1CCC(COC(=O)NCC1CC1)C2. The number of nitrogens with two attached hydrogens (primary N) is 1. The maximum atomic E-state index is 12.3. The van der Waals surface area contributed by atoms with Crippen LogP contribution in [0.25, 0.3) is 6.08 Å². The van der Waals surface area contributed by atoms with E-state index < -0.39 is 0 Å². The highest BCUT2D eigenvalue weighted by atomic mass is 32.1. The van der Waals surface area contributed by atoms with Gasteiger partial charge in [0.2, 0.25) is 5.91 Å². The predicted molar refractivity (Wildman–Crippen MR) is 118 cm³/mol. The number of pyridine rings is 1. The highest BCUT2D eigenvalue weighted by molar-refractivity contribution is 7.17. The van der Waals surface area contributed by atoms with Crippen molar-refractivity contribution in [3.63, 3.8) is 0 Å². The summed E-state index contributed by atoms with van der Waals surface area (Å²) >= 11 is 1.51. The van der Waals surface area contributed by atoms with E-state index >= 15 is 0 Å². The van der Waals surface area contributed by atoms with Crippen molar-refractivity contribution in [1.82, 2.24) is 10.3 Å². The van der Waals surface area contributed by atoms with Gasteiger partial charge >= 0.3 is 6.09 Å². The van der Waals surface area contributed by atoms with E-state index in [-0.39, 0.29) is 17.9 Å². The minimum Gasteiger partial charge on any atom is -0.449 e. The average Bonchev–Trinajstić information content (AvgIpc) is 3.54. The van der Waals surface area contributed by atoms with Gasteiger partial charge in [-0.15, -0.1) is 11.3 Å². The maximum Gasteiger partial charge on any atom is 0.407 e. The number of rotatable bonds is 7. The Morgan fingerprint density at radius 1 is 1.30 bits per heavy atom. The first kappa shape index (κ1) is 20.4. The summed E-state index contributed by atoms with van der Waals surface area (Å²) in [6.07, 6.45) is 11.2. The molecule has 0 aliphatic heterocycles. The van der Waals surface area contributed by atoms with Crippen LogP contribution < -0.4 is 16.4 Å². The number of hydrogen-bond donors (Lipinski definition) is 3. The van der Waals surface area contributed by atoms with E-state index in [9.17, 15) is 9.59 Å². The van der Waals surface area contributed by atoms with E-state index in [1.165, 1.54) is 30.3 Å². The minimum atomic E-state index is -0.327. The Hall–Kier alpha value is -2.87. The van der Waals surface area contributed by atoms with Gasteiger partial charge in [0.15, 0.2) is 0 Å². The van der Waals surface area contributed by atoms with Gasteiger partial charge in [-0.05, 0) is 67.2 Å². The van der Waals surface area contributed by atoms with Gasteiger partial charge in [0, 0.05) is 29.9 Å². The molecule has 7 nitrogen and oxygen atoms in total. The fourth-order valence-electron chi connectivity index (χ4n) is 3.51. The molecule has 4 rings (SSSR count). The second-order valence-electron chi connectivity index (χ2n) is 7.89. The summed E-state index contributed by atoms with van der Waals surface area (Å²) in [5, 5.41) is 6.40. The summed E-state index contributed by atoms with van der Waals surface area (Å²) in [5.41, 5.74) is 8.91. The summed E-state index contributed by atoms with van der Waals surface area (Å²) in [6, 6.07) is 3.70. The standard InChI is InChI=1S/C22H26N4O3S/c23-20-17-7-5-16(13-29-22(28)25-12-15-3-4-15)10-18(17)30-21(20)26-19(27)8-6-14-2-1-9-24-11-14/h1-2,6,8-9,11,15-16H,3-5,7,10,12-13,23H2,(H,25,28)(H,26,27)/b8-6+. The molecule has 1 fully saturated rings. The molecular weight excluding hydrogens is 400 g/mol. The minimum absolute atomic E-state index is 0.226. The van der Waals surface area contributed by atoms with E-state index in [1.807, 2.05) is 12.1 Å². The van der Waals surface area contributed by atoms with Gasteiger partial charge in [-0.25, -0.2) is 4.79 Å². The molecule has 2 heterocycles. The van der Waals surface area contributed by atoms with Crippen molar-refractivity contribution in [1.29, 1.82) is 0 Å². The van der Waals surface area contributed by atoms with Gasteiger partial charge in [0.1, 0.15) is 5.00 Å². The van der Waals surface area contributed by atoms with E-state index in [1.54, 1.807) is 18.5 Å². The zero-order valence-corrected chi connectivity index (χ0v) is 17.5. The molecule has 0 radical (unpaired) electrons. The van der Waals surface area contributed by atoms with Gasteiger partial charge < -0.3 is 21.1 Å². The topological polar surface area (TPSA) is 106 Å². The lowest BCUT2D eigenvalue weighted by molar-refractivity contribution is -0.111. The van der Waals surface area contributed by atoms with E-state index in [0.717, 1.165) is 35.3 Å². The number of alkyl carbamates (subject to hydrolysis) is 1. The van der Waals surface area contributed by atoms with E-state index in [2.05, 4.69) is 15.6 Å². The number of thiophene rings is 1. The smallest absolute Gasteiger partial charge is 0.407 e. The van der Waals surface area contributed by atoms with Crippen molar-refractivity contribution in [3.8, 4) is 0 Å². The van der Waals surface area contributed by atoms with E-state index in [4.69, 9.17) is 10.5 Å². The number of hydrogen-bond acceptors (Lipinski definition) is 6. The molecule has 2 aliphatic carbocycles. The van der Waals surface area contributed by atoms with Crippen molar-refractivity contribution in [2.45, 2.75) is 32.1 Å². The quantitative estimate of drug-likeness (QED) is 0.586. The van der Waals surface area contributed by atoms with Crippen LogP contribution in [0.5, 0.6) is 0 Å². The first-order chi connectivity index (χ1) is 14.6. The molecule has 0 spiro atoms. The fourth-order valence-corrected chi connectivity index (χ4v) is 4.79. The zero-order chi connectivity index (χ0) is 20.9. The molecule has 2 aromatic rings. The molecule has 0 bridgehead atoms. The molecule has 1 unspecified atom stereocenters. The second kappa shape index (κ2) is 9.30. The van der Waals surface area contributed by atoms with Crippen LogP contribution in [-0.2, 0) is 22.4 Å². The Labute approximate surface area is 179 Å². The molecule has 1 saturated carbocycles. The predicted octanol–water partition coefficient (Wildman–Crippen LogP) is 3.62. The van der Waals surface area contributed by atoms with Crippen LogP contribution in [0.15, 0.2) is 30.6 Å². The number of nitrogen functional groups attached to an aromatic ring is 1. The molecule has 2 amide bonds. The fraction of sp³-hybridized carbons (Fsp3) is 0.409. The lowest BCUT2D eigenvalue weighted by Crippen LogP contribution is -2.29. The molecule has 8 heteroatoms. The molecular formula is C22H26N4O3S. The maximum absolute atomic E-state index is 12.3. The number of carbonyl (C=O) groups is 2. The first-order valence-corrected chi connectivity index (χ1v) is 11.1. The molecule has 2 aromatic heterocycles. The highest BCUT2D eigenvalue weighted by Crippen LogP contribution is 2.41. The molecule has 4 N–H and O–H groups in total. The third-order valence-corrected chi connectivity index (χ3v) is 6.62. The van der Waals surface area contributed by atoms with Gasteiger partial charge in [0.25, 0.3) is 0 Å². The lowest BCUT2D eigenvalue weighted by atomic mass is 9.89. The van der Waals surface area contributed by atoms with Crippen LogP contribution in [0.4, 0.5) is 15.5 Å². The molecule has 1 atom stereocenters. The number of aromatic nitrogens is 1. The molecule has 0 saturated heterocycles. The Bertz CT molecular complexity index is 937. The third kappa shape index (κ3) is 5.38. The van der Waals surface area contributed by atoms with Crippen molar-refractivity contribution < 1.29 is 14.3 Å².